The van der Waals surface area contributed by atoms with Crippen molar-refractivity contribution in [1.29, 1.82) is 0 Å². The van der Waals surface area contributed by atoms with Gasteiger partial charge in [-0.05, 0) is 49.1 Å². The summed E-state index contributed by atoms with van der Waals surface area (Å²) in [5.41, 5.74) is 1.36. The molecule has 3 heterocycles. The van der Waals surface area contributed by atoms with Gasteiger partial charge in [0.15, 0.2) is 0 Å². The number of benzene rings is 1. The van der Waals surface area contributed by atoms with Crippen molar-refractivity contribution in [3.63, 3.8) is 0 Å². The SMILES string of the molecule is O=C1NC(=O)C(Cc2ccc(C(=O)OC[C@@H]3CCCN3c3ccccn3)cc2)S1. The molecule has 4 rings (SSSR count). The third-order valence-corrected chi connectivity index (χ3v) is 6.09. The normalized spacial score (nSPS) is 21.3. The van der Waals surface area contributed by atoms with Gasteiger partial charge in [-0.1, -0.05) is 30.0 Å². The summed E-state index contributed by atoms with van der Waals surface area (Å²) < 4.78 is 5.55. The van der Waals surface area contributed by atoms with E-state index in [-0.39, 0.29) is 23.2 Å². The summed E-state index contributed by atoms with van der Waals surface area (Å²) in [6.07, 6.45) is 4.21. The number of carbonyl (C=O) groups is 3. The molecule has 1 unspecified atom stereocenters. The van der Waals surface area contributed by atoms with Crippen LogP contribution in [-0.4, -0.2) is 46.5 Å². The molecule has 2 aromatic rings. The van der Waals surface area contributed by atoms with Gasteiger partial charge < -0.3 is 9.64 Å². The zero-order chi connectivity index (χ0) is 20.2. The first-order valence-electron chi connectivity index (χ1n) is 9.55. The van der Waals surface area contributed by atoms with Crippen molar-refractivity contribution < 1.29 is 19.1 Å². The first-order valence-corrected chi connectivity index (χ1v) is 10.4. The lowest BCUT2D eigenvalue weighted by Gasteiger charge is -2.25. The van der Waals surface area contributed by atoms with Crippen LogP contribution in [0.3, 0.4) is 0 Å². The Labute approximate surface area is 172 Å². The molecule has 2 fully saturated rings. The van der Waals surface area contributed by atoms with Crippen molar-refractivity contribution in [2.45, 2.75) is 30.6 Å². The zero-order valence-corrected chi connectivity index (χ0v) is 16.6. The van der Waals surface area contributed by atoms with Crippen LogP contribution in [0.25, 0.3) is 0 Å². The van der Waals surface area contributed by atoms with Gasteiger partial charge in [-0.2, -0.15) is 0 Å². The molecule has 150 valence electrons. The van der Waals surface area contributed by atoms with E-state index in [0.29, 0.717) is 18.6 Å². The smallest absolute Gasteiger partial charge is 0.338 e. The van der Waals surface area contributed by atoms with Crippen molar-refractivity contribution in [3.05, 3.63) is 59.8 Å². The summed E-state index contributed by atoms with van der Waals surface area (Å²) in [6.45, 7) is 1.22. The molecule has 0 bridgehead atoms. The van der Waals surface area contributed by atoms with Crippen LogP contribution in [0.4, 0.5) is 10.6 Å². The van der Waals surface area contributed by atoms with Gasteiger partial charge in [0.2, 0.25) is 5.91 Å². The Morgan fingerprint density at radius 3 is 2.72 bits per heavy atom. The van der Waals surface area contributed by atoms with E-state index in [9.17, 15) is 14.4 Å². The molecule has 2 aliphatic heterocycles. The third-order valence-electron chi connectivity index (χ3n) is 5.11. The highest BCUT2D eigenvalue weighted by molar-refractivity contribution is 8.15. The standard InChI is InChI=1S/C21H21N3O4S/c25-19-17(29-21(27)23-19)12-14-6-8-15(9-7-14)20(26)28-13-16-4-3-11-24(16)18-5-1-2-10-22-18/h1-2,5-10,16-17H,3-4,11-13H2,(H,23,25,27)/t16-,17?/m0/s1. The molecule has 2 atom stereocenters. The quantitative estimate of drug-likeness (QED) is 0.731. The average molecular weight is 411 g/mol. The Balaban J connectivity index is 1.32. The van der Waals surface area contributed by atoms with Gasteiger partial charge >= 0.3 is 5.97 Å². The number of anilines is 1. The number of aromatic nitrogens is 1. The number of amides is 2. The van der Waals surface area contributed by atoms with Gasteiger partial charge in [-0.3, -0.25) is 14.9 Å². The second-order valence-electron chi connectivity index (χ2n) is 7.06. The fourth-order valence-electron chi connectivity index (χ4n) is 3.61. The lowest BCUT2D eigenvalue weighted by molar-refractivity contribution is -0.118. The predicted molar refractivity (Wildman–Crippen MR) is 110 cm³/mol. The second kappa shape index (κ2) is 8.65. The predicted octanol–water partition coefficient (Wildman–Crippen LogP) is 2.80. The molecule has 8 heteroatoms. The van der Waals surface area contributed by atoms with Crippen molar-refractivity contribution >= 4 is 34.7 Å². The highest BCUT2D eigenvalue weighted by Gasteiger charge is 2.31. The molecule has 1 aromatic heterocycles. The first kappa shape index (κ1) is 19.4. The maximum atomic E-state index is 12.4. The van der Waals surface area contributed by atoms with Gasteiger partial charge in [-0.15, -0.1) is 0 Å². The third kappa shape index (κ3) is 4.59. The summed E-state index contributed by atoms with van der Waals surface area (Å²) in [5, 5.41) is 1.55. The van der Waals surface area contributed by atoms with Gasteiger partial charge in [-0.25, -0.2) is 9.78 Å². The molecule has 0 saturated carbocycles. The first-order chi connectivity index (χ1) is 14.1. The Bertz CT molecular complexity index is 904. The number of ether oxygens (including phenoxy) is 1. The lowest BCUT2D eigenvalue weighted by atomic mass is 10.1. The van der Waals surface area contributed by atoms with Crippen LogP contribution in [0, 0.1) is 0 Å². The van der Waals surface area contributed by atoms with E-state index in [4.69, 9.17) is 4.74 Å². The van der Waals surface area contributed by atoms with Crippen LogP contribution in [0.1, 0.15) is 28.8 Å². The molecule has 29 heavy (non-hydrogen) atoms. The van der Waals surface area contributed by atoms with Crippen molar-refractivity contribution in [2.24, 2.45) is 0 Å². The molecule has 1 N–H and O–H groups in total. The van der Waals surface area contributed by atoms with Crippen molar-refractivity contribution in [3.8, 4) is 0 Å². The Morgan fingerprint density at radius 2 is 2.03 bits per heavy atom. The Kier molecular flexibility index (Phi) is 5.80. The fourth-order valence-corrected chi connectivity index (χ4v) is 4.47. The van der Waals surface area contributed by atoms with Gasteiger partial charge in [0, 0.05) is 12.7 Å². The van der Waals surface area contributed by atoms with E-state index in [0.717, 1.165) is 42.5 Å². The van der Waals surface area contributed by atoms with Crippen LogP contribution in [0.5, 0.6) is 0 Å². The van der Waals surface area contributed by atoms with Crippen molar-refractivity contribution in [2.75, 3.05) is 18.1 Å². The molecule has 7 nitrogen and oxygen atoms in total. The number of esters is 1. The summed E-state index contributed by atoms with van der Waals surface area (Å²) in [4.78, 5) is 41.9. The largest absolute Gasteiger partial charge is 0.460 e. The highest BCUT2D eigenvalue weighted by Crippen LogP contribution is 2.25. The van der Waals surface area contributed by atoms with E-state index >= 15 is 0 Å². The summed E-state index contributed by atoms with van der Waals surface area (Å²) in [5.74, 6) is 0.271. The number of nitrogens with zero attached hydrogens (tertiary/aromatic N) is 2. The molecule has 2 amide bonds. The van der Waals surface area contributed by atoms with E-state index in [2.05, 4.69) is 15.2 Å². The van der Waals surface area contributed by atoms with Crippen LogP contribution in [0.15, 0.2) is 48.7 Å². The number of nitrogens with one attached hydrogen (secondary N) is 1. The Hall–Kier alpha value is -2.87. The van der Waals surface area contributed by atoms with Gasteiger partial charge in [0.05, 0.1) is 16.9 Å². The van der Waals surface area contributed by atoms with Crippen LogP contribution < -0.4 is 10.2 Å². The second-order valence-corrected chi connectivity index (χ2v) is 8.24. The number of imide groups is 1. The molecule has 2 saturated heterocycles. The zero-order valence-electron chi connectivity index (χ0n) is 15.7. The molecule has 0 spiro atoms. The van der Waals surface area contributed by atoms with Gasteiger partial charge in [0.25, 0.3) is 5.24 Å². The number of rotatable bonds is 6. The molecule has 0 aliphatic carbocycles. The molecule has 2 aliphatic rings. The minimum absolute atomic E-state index is 0.128. The monoisotopic (exact) mass is 411 g/mol. The number of thioether (sulfide) groups is 1. The van der Waals surface area contributed by atoms with Crippen molar-refractivity contribution in [1.82, 2.24) is 10.3 Å². The highest BCUT2D eigenvalue weighted by atomic mass is 32.2. The minimum atomic E-state index is -0.416. The van der Waals surface area contributed by atoms with E-state index in [1.54, 1.807) is 30.5 Å². The van der Waals surface area contributed by atoms with Gasteiger partial charge in [0.1, 0.15) is 12.4 Å². The number of pyridine rings is 1. The lowest BCUT2D eigenvalue weighted by Crippen LogP contribution is -2.34. The molecule has 0 radical (unpaired) electrons. The summed E-state index contributed by atoms with van der Waals surface area (Å²) >= 11 is 0.999. The number of hydrogen-bond acceptors (Lipinski definition) is 7. The molecular weight excluding hydrogens is 390 g/mol. The topological polar surface area (TPSA) is 88.6 Å². The van der Waals surface area contributed by atoms with Crippen LogP contribution in [-0.2, 0) is 16.0 Å². The van der Waals surface area contributed by atoms with E-state index in [1.165, 1.54) is 0 Å². The summed E-state index contributed by atoms with van der Waals surface area (Å²) in [7, 11) is 0. The van der Waals surface area contributed by atoms with E-state index < -0.39 is 5.25 Å². The summed E-state index contributed by atoms with van der Waals surface area (Å²) in [6, 6.07) is 12.9. The Morgan fingerprint density at radius 1 is 1.21 bits per heavy atom. The van der Waals surface area contributed by atoms with E-state index in [1.807, 2.05) is 18.2 Å². The number of carbonyl (C=O) groups excluding carboxylic acids is 3. The molecular formula is C21H21N3O4S. The van der Waals surface area contributed by atoms with Crippen LogP contribution >= 0.6 is 11.8 Å². The number of hydrogen-bond donors (Lipinski definition) is 1. The molecule has 1 aromatic carbocycles. The van der Waals surface area contributed by atoms with Crippen LogP contribution in [0.2, 0.25) is 0 Å². The maximum Gasteiger partial charge on any atom is 0.338 e. The average Bonchev–Trinajstić information content (AvgIpc) is 3.33. The minimum Gasteiger partial charge on any atom is -0.460 e. The fraction of sp³-hybridized carbons (Fsp3) is 0.333. The maximum absolute atomic E-state index is 12.4.